The van der Waals surface area contributed by atoms with Crippen molar-refractivity contribution in [2.24, 2.45) is 5.92 Å². The van der Waals surface area contributed by atoms with Gasteiger partial charge in [0.25, 0.3) is 0 Å². The Bertz CT molecular complexity index is 240. The molecule has 0 aliphatic carbocycles. The van der Waals surface area contributed by atoms with Gasteiger partial charge in [-0.05, 0) is 12.8 Å². The number of hydrogen-bond donors (Lipinski definition) is 1. The minimum absolute atomic E-state index is 0.0253. The maximum atomic E-state index is 11.3. The fourth-order valence-corrected chi connectivity index (χ4v) is 1.41. The Morgan fingerprint density at radius 1 is 1.53 bits per heavy atom. The molecule has 1 heterocycles. The summed E-state index contributed by atoms with van der Waals surface area (Å²) < 4.78 is 5.22. The average Bonchev–Trinajstić information content (AvgIpc) is 2.74. The van der Waals surface area contributed by atoms with Crippen molar-refractivity contribution in [1.29, 1.82) is 0 Å². The molecule has 0 bridgehead atoms. The van der Waals surface area contributed by atoms with Gasteiger partial charge in [0.1, 0.15) is 0 Å². The van der Waals surface area contributed by atoms with E-state index in [-0.39, 0.29) is 5.91 Å². The molecular weight excluding hydrogens is 190 g/mol. The van der Waals surface area contributed by atoms with Crippen molar-refractivity contribution in [2.45, 2.75) is 19.8 Å². The van der Waals surface area contributed by atoms with Crippen LogP contribution in [0.5, 0.6) is 0 Å². The van der Waals surface area contributed by atoms with Crippen LogP contribution in [-0.4, -0.2) is 25.7 Å². The molecule has 15 heavy (non-hydrogen) atoms. The van der Waals surface area contributed by atoms with Gasteiger partial charge in [-0.3, -0.25) is 4.79 Å². The van der Waals surface area contributed by atoms with E-state index in [9.17, 15) is 4.79 Å². The molecule has 3 heteroatoms. The molecule has 0 aromatic heterocycles. The summed E-state index contributed by atoms with van der Waals surface area (Å²) in [6.07, 6.45) is 9.27. The first-order valence-electron chi connectivity index (χ1n) is 5.51. The van der Waals surface area contributed by atoms with Gasteiger partial charge in [-0.25, -0.2) is 0 Å². The molecule has 3 nitrogen and oxygen atoms in total. The van der Waals surface area contributed by atoms with Gasteiger partial charge >= 0.3 is 0 Å². The Hall–Kier alpha value is -1.09. The van der Waals surface area contributed by atoms with Crippen molar-refractivity contribution in [3.05, 3.63) is 24.3 Å². The van der Waals surface area contributed by atoms with Crippen molar-refractivity contribution in [3.8, 4) is 0 Å². The fraction of sp³-hybridized carbons (Fsp3) is 0.583. The second-order valence-electron chi connectivity index (χ2n) is 3.67. The van der Waals surface area contributed by atoms with Gasteiger partial charge in [-0.15, -0.1) is 0 Å². The van der Waals surface area contributed by atoms with Crippen LogP contribution >= 0.6 is 0 Å². The van der Waals surface area contributed by atoms with E-state index in [1.54, 1.807) is 12.2 Å². The second-order valence-corrected chi connectivity index (χ2v) is 3.67. The largest absolute Gasteiger partial charge is 0.381 e. The number of hydrogen-bond acceptors (Lipinski definition) is 2. The lowest BCUT2D eigenvalue weighted by atomic mass is 10.1. The van der Waals surface area contributed by atoms with Gasteiger partial charge in [0.2, 0.25) is 5.91 Å². The molecule has 0 spiro atoms. The van der Waals surface area contributed by atoms with Crippen LogP contribution in [0.1, 0.15) is 19.8 Å². The summed E-state index contributed by atoms with van der Waals surface area (Å²) in [5, 5.41) is 2.86. The SMILES string of the molecule is CCC=CC=CC(=O)NCC1CCOC1. The highest BCUT2D eigenvalue weighted by molar-refractivity contribution is 5.87. The van der Waals surface area contributed by atoms with Crippen LogP contribution in [0, 0.1) is 5.92 Å². The van der Waals surface area contributed by atoms with Crippen LogP contribution in [0.15, 0.2) is 24.3 Å². The summed E-state index contributed by atoms with van der Waals surface area (Å²) in [5.74, 6) is 0.469. The van der Waals surface area contributed by atoms with E-state index in [2.05, 4.69) is 12.2 Å². The normalized spacial score (nSPS) is 21.5. The smallest absolute Gasteiger partial charge is 0.243 e. The molecule has 0 saturated carbocycles. The predicted molar refractivity (Wildman–Crippen MR) is 60.5 cm³/mol. The zero-order valence-electron chi connectivity index (χ0n) is 9.24. The Labute approximate surface area is 91.2 Å². The number of rotatable bonds is 5. The Kier molecular flexibility index (Phi) is 5.78. The lowest BCUT2D eigenvalue weighted by Crippen LogP contribution is -2.27. The minimum Gasteiger partial charge on any atom is -0.381 e. The fourth-order valence-electron chi connectivity index (χ4n) is 1.41. The summed E-state index contributed by atoms with van der Waals surface area (Å²) in [7, 11) is 0. The second kappa shape index (κ2) is 7.23. The van der Waals surface area contributed by atoms with E-state index >= 15 is 0 Å². The van der Waals surface area contributed by atoms with Gasteiger partial charge in [-0.1, -0.05) is 25.2 Å². The van der Waals surface area contributed by atoms with E-state index in [0.717, 1.165) is 32.6 Å². The summed E-state index contributed by atoms with van der Waals surface area (Å²) in [6.45, 7) is 4.39. The summed E-state index contributed by atoms with van der Waals surface area (Å²) >= 11 is 0. The number of carbonyl (C=O) groups is 1. The maximum absolute atomic E-state index is 11.3. The van der Waals surface area contributed by atoms with Crippen molar-refractivity contribution < 1.29 is 9.53 Å². The van der Waals surface area contributed by atoms with Crippen molar-refractivity contribution in [2.75, 3.05) is 19.8 Å². The van der Waals surface area contributed by atoms with E-state index < -0.39 is 0 Å². The third-order valence-corrected chi connectivity index (χ3v) is 2.32. The molecule has 1 rings (SSSR count). The van der Waals surface area contributed by atoms with Gasteiger partial charge in [0.15, 0.2) is 0 Å². The van der Waals surface area contributed by atoms with E-state index in [0.29, 0.717) is 5.92 Å². The third kappa shape index (κ3) is 5.37. The van der Waals surface area contributed by atoms with Gasteiger partial charge in [0.05, 0.1) is 6.61 Å². The highest BCUT2D eigenvalue weighted by atomic mass is 16.5. The predicted octanol–water partition coefficient (Wildman–Crippen LogP) is 1.66. The zero-order chi connectivity index (χ0) is 10.9. The molecular formula is C12H19NO2. The molecule has 1 unspecified atom stereocenters. The minimum atomic E-state index is -0.0253. The van der Waals surface area contributed by atoms with E-state index in [1.807, 2.05) is 12.2 Å². The number of nitrogens with one attached hydrogen (secondary N) is 1. The molecule has 1 saturated heterocycles. The van der Waals surface area contributed by atoms with Crippen molar-refractivity contribution >= 4 is 5.91 Å². The molecule has 0 aromatic carbocycles. The number of allylic oxidation sites excluding steroid dienone is 3. The molecule has 1 aliphatic heterocycles. The lowest BCUT2D eigenvalue weighted by Gasteiger charge is -2.06. The zero-order valence-corrected chi connectivity index (χ0v) is 9.24. The molecule has 0 radical (unpaired) electrons. The van der Waals surface area contributed by atoms with Crippen LogP contribution in [0.2, 0.25) is 0 Å². The highest BCUT2D eigenvalue weighted by Gasteiger charge is 2.15. The van der Waals surface area contributed by atoms with Crippen LogP contribution in [-0.2, 0) is 9.53 Å². The summed E-state index contributed by atoms with van der Waals surface area (Å²) in [6, 6.07) is 0. The van der Waals surface area contributed by atoms with E-state index in [1.165, 1.54) is 0 Å². The Morgan fingerprint density at radius 3 is 3.07 bits per heavy atom. The van der Waals surface area contributed by atoms with Crippen LogP contribution < -0.4 is 5.32 Å². The first-order chi connectivity index (χ1) is 7.33. The van der Waals surface area contributed by atoms with Gasteiger partial charge in [-0.2, -0.15) is 0 Å². The average molecular weight is 209 g/mol. The molecule has 84 valence electrons. The molecule has 1 fully saturated rings. The molecule has 1 amide bonds. The number of ether oxygens (including phenoxy) is 1. The monoisotopic (exact) mass is 209 g/mol. The Morgan fingerprint density at radius 2 is 2.40 bits per heavy atom. The Balaban J connectivity index is 2.12. The van der Waals surface area contributed by atoms with E-state index in [4.69, 9.17) is 4.74 Å². The van der Waals surface area contributed by atoms with Gasteiger partial charge < -0.3 is 10.1 Å². The summed E-state index contributed by atoms with van der Waals surface area (Å²) in [4.78, 5) is 11.3. The number of amides is 1. The highest BCUT2D eigenvalue weighted by Crippen LogP contribution is 2.10. The van der Waals surface area contributed by atoms with Crippen molar-refractivity contribution in [3.63, 3.8) is 0 Å². The standard InChI is InChI=1S/C12H19NO2/c1-2-3-4-5-6-12(14)13-9-11-7-8-15-10-11/h3-6,11H,2,7-10H2,1H3,(H,13,14). The number of carbonyl (C=O) groups excluding carboxylic acids is 1. The summed E-state index contributed by atoms with van der Waals surface area (Å²) in [5.41, 5.74) is 0. The molecule has 1 aliphatic rings. The maximum Gasteiger partial charge on any atom is 0.243 e. The lowest BCUT2D eigenvalue weighted by molar-refractivity contribution is -0.116. The first kappa shape index (κ1) is 12.0. The first-order valence-corrected chi connectivity index (χ1v) is 5.51. The van der Waals surface area contributed by atoms with Crippen LogP contribution in [0.3, 0.4) is 0 Å². The molecule has 1 N–H and O–H groups in total. The molecule has 1 atom stereocenters. The van der Waals surface area contributed by atoms with Crippen LogP contribution in [0.25, 0.3) is 0 Å². The van der Waals surface area contributed by atoms with Crippen molar-refractivity contribution in [1.82, 2.24) is 5.32 Å². The van der Waals surface area contributed by atoms with Gasteiger partial charge in [0, 0.05) is 25.1 Å². The molecule has 0 aromatic rings. The third-order valence-electron chi connectivity index (χ3n) is 2.32. The quantitative estimate of drug-likeness (QED) is 0.552. The van der Waals surface area contributed by atoms with Crippen LogP contribution in [0.4, 0.5) is 0 Å². The topological polar surface area (TPSA) is 38.3 Å².